The molecule has 3 heterocycles. The molecular weight excluding hydrogens is 318 g/mol. The van der Waals surface area contributed by atoms with Gasteiger partial charge in [0.25, 0.3) is 0 Å². The van der Waals surface area contributed by atoms with Gasteiger partial charge in [0.2, 0.25) is 5.95 Å². The highest BCUT2D eigenvalue weighted by atomic mass is 35.5. The topological polar surface area (TPSA) is 99.1 Å². The van der Waals surface area contributed by atoms with Gasteiger partial charge in [-0.05, 0) is 13.8 Å². The maximum absolute atomic E-state index is 10.1. The normalized spacial score (nSPS) is 11.1. The van der Waals surface area contributed by atoms with Crippen molar-refractivity contribution in [3.63, 3.8) is 0 Å². The molecule has 0 atom stereocenters. The Morgan fingerprint density at radius 2 is 2.09 bits per heavy atom. The Kier molecular flexibility index (Phi) is 3.73. The third-order valence-corrected chi connectivity index (χ3v) is 4.01. The molecular formula is C15H16ClN5O2. The van der Waals surface area contributed by atoms with Crippen LogP contribution in [-0.2, 0) is 6.54 Å². The maximum Gasteiger partial charge on any atom is 0.223 e. The molecule has 0 aliphatic rings. The van der Waals surface area contributed by atoms with E-state index in [9.17, 15) is 5.11 Å². The van der Waals surface area contributed by atoms with E-state index in [2.05, 4.69) is 15.0 Å². The molecule has 3 N–H and O–H groups in total. The minimum absolute atomic E-state index is 0.00160. The predicted molar refractivity (Wildman–Crippen MR) is 88.0 cm³/mol. The van der Waals surface area contributed by atoms with Crippen molar-refractivity contribution in [3.05, 3.63) is 34.4 Å². The van der Waals surface area contributed by atoms with E-state index in [1.807, 2.05) is 13.8 Å². The average Bonchev–Trinajstić information content (AvgIpc) is 2.79. The summed E-state index contributed by atoms with van der Waals surface area (Å²) in [7, 11) is 1.63. The lowest BCUT2D eigenvalue weighted by atomic mass is 10.1. The lowest BCUT2D eigenvalue weighted by Crippen LogP contribution is -2.07. The fourth-order valence-corrected chi connectivity index (χ4v) is 2.92. The molecule has 23 heavy (non-hydrogen) atoms. The molecule has 0 radical (unpaired) electrons. The van der Waals surface area contributed by atoms with E-state index < -0.39 is 0 Å². The number of hydrogen-bond acceptors (Lipinski definition) is 6. The number of aromatic nitrogens is 4. The first-order chi connectivity index (χ1) is 10.9. The summed E-state index contributed by atoms with van der Waals surface area (Å²) in [5.41, 5.74) is 8.81. The standard InChI is InChI=1S/C15H16ClN5O2/c1-7-4-18-9(8(2)12(7)23-3)5-21-6-10(22)11-13(16)19-15(17)20-14(11)21/h4,6,22H,5H2,1-3H3,(H2,17,19,20). The van der Waals surface area contributed by atoms with E-state index in [1.165, 1.54) is 6.20 Å². The van der Waals surface area contributed by atoms with Gasteiger partial charge in [0.05, 0.1) is 24.7 Å². The molecule has 0 spiro atoms. The molecule has 120 valence electrons. The summed E-state index contributed by atoms with van der Waals surface area (Å²) in [5.74, 6) is 0.845. The quantitative estimate of drug-likeness (QED) is 0.714. The number of rotatable bonds is 3. The monoisotopic (exact) mass is 333 g/mol. The van der Waals surface area contributed by atoms with Gasteiger partial charge in [-0.15, -0.1) is 0 Å². The third-order valence-electron chi connectivity index (χ3n) is 3.74. The van der Waals surface area contributed by atoms with Gasteiger partial charge >= 0.3 is 0 Å². The Labute approximate surface area is 137 Å². The van der Waals surface area contributed by atoms with Gasteiger partial charge in [0.1, 0.15) is 16.7 Å². The number of aryl methyl sites for hydroxylation is 1. The van der Waals surface area contributed by atoms with Gasteiger partial charge in [-0.2, -0.15) is 4.98 Å². The average molecular weight is 334 g/mol. The maximum atomic E-state index is 10.1. The lowest BCUT2D eigenvalue weighted by molar-refractivity contribution is 0.406. The number of pyridine rings is 1. The van der Waals surface area contributed by atoms with E-state index >= 15 is 0 Å². The molecule has 0 bridgehead atoms. The number of ether oxygens (including phenoxy) is 1. The van der Waals surface area contributed by atoms with Crippen LogP contribution < -0.4 is 10.5 Å². The number of fused-ring (bicyclic) bond motifs is 1. The van der Waals surface area contributed by atoms with Crippen molar-refractivity contribution >= 4 is 28.6 Å². The fourth-order valence-electron chi connectivity index (χ4n) is 2.65. The van der Waals surface area contributed by atoms with Gasteiger partial charge < -0.3 is 20.1 Å². The molecule has 0 fully saturated rings. The van der Waals surface area contributed by atoms with E-state index in [0.29, 0.717) is 17.6 Å². The Bertz CT molecular complexity index is 907. The Hall–Kier alpha value is -2.54. The van der Waals surface area contributed by atoms with Gasteiger partial charge in [-0.25, -0.2) is 4.98 Å². The molecule has 7 nitrogen and oxygen atoms in total. The Morgan fingerprint density at radius 3 is 2.78 bits per heavy atom. The van der Waals surface area contributed by atoms with E-state index in [4.69, 9.17) is 22.1 Å². The highest BCUT2D eigenvalue weighted by Crippen LogP contribution is 2.32. The zero-order valence-electron chi connectivity index (χ0n) is 13.0. The second kappa shape index (κ2) is 5.58. The van der Waals surface area contributed by atoms with Gasteiger partial charge in [0.15, 0.2) is 5.65 Å². The van der Waals surface area contributed by atoms with Crippen LogP contribution in [0.5, 0.6) is 11.5 Å². The van der Waals surface area contributed by atoms with E-state index in [1.54, 1.807) is 17.9 Å². The smallest absolute Gasteiger partial charge is 0.223 e. The van der Waals surface area contributed by atoms with Crippen LogP contribution >= 0.6 is 11.6 Å². The largest absolute Gasteiger partial charge is 0.506 e. The molecule has 3 aromatic rings. The van der Waals surface area contributed by atoms with Crippen molar-refractivity contribution in [2.45, 2.75) is 20.4 Å². The van der Waals surface area contributed by atoms with Crippen molar-refractivity contribution in [2.75, 3.05) is 12.8 Å². The van der Waals surface area contributed by atoms with Crippen LogP contribution in [0.1, 0.15) is 16.8 Å². The second-order valence-electron chi connectivity index (χ2n) is 5.26. The summed E-state index contributed by atoms with van der Waals surface area (Å²) in [6.45, 7) is 4.27. The zero-order valence-corrected chi connectivity index (χ0v) is 13.7. The van der Waals surface area contributed by atoms with E-state index in [-0.39, 0.29) is 16.9 Å². The molecule has 0 unspecified atom stereocenters. The lowest BCUT2D eigenvalue weighted by Gasteiger charge is -2.13. The molecule has 0 amide bonds. The first-order valence-electron chi connectivity index (χ1n) is 6.92. The Balaban J connectivity index is 2.13. The summed E-state index contributed by atoms with van der Waals surface area (Å²) in [6, 6.07) is 0. The number of nitrogen functional groups attached to an aromatic ring is 1. The van der Waals surface area contributed by atoms with Crippen LogP contribution in [0, 0.1) is 13.8 Å². The summed E-state index contributed by atoms with van der Waals surface area (Å²) in [6.07, 6.45) is 3.29. The molecule has 0 saturated carbocycles. The molecule has 3 rings (SSSR count). The number of nitrogens with two attached hydrogens (primary N) is 1. The molecule has 3 aromatic heterocycles. The van der Waals surface area contributed by atoms with Crippen molar-refractivity contribution < 1.29 is 9.84 Å². The third kappa shape index (κ3) is 2.53. The minimum Gasteiger partial charge on any atom is -0.506 e. The Morgan fingerprint density at radius 1 is 1.35 bits per heavy atom. The SMILES string of the molecule is COc1c(C)cnc(Cn2cc(O)c3c(Cl)nc(N)nc32)c1C. The van der Waals surface area contributed by atoms with Gasteiger partial charge in [-0.1, -0.05) is 11.6 Å². The van der Waals surface area contributed by atoms with Crippen LogP contribution in [0.25, 0.3) is 11.0 Å². The van der Waals surface area contributed by atoms with E-state index in [0.717, 1.165) is 22.6 Å². The zero-order chi connectivity index (χ0) is 16.7. The van der Waals surface area contributed by atoms with Crippen molar-refractivity contribution in [1.82, 2.24) is 19.5 Å². The number of methoxy groups -OCH3 is 1. The van der Waals surface area contributed by atoms with Crippen molar-refractivity contribution in [2.24, 2.45) is 0 Å². The van der Waals surface area contributed by atoms with Crippen LogP contribution in [0.3, 0.4) is 0 Å². The molecule has 0 aromatic carbocycles. The van der Waals surface area contributed by atoms with Crippen LogP contribution in [-0.4, -0.2) is 31.7 Å². The highest BCUT2D eigenvalue weighted by molar-refractivity contribution is 6.34. The molecule has 0 aliphatic heterocycles. The number of halogens is 1. The second-order valence-corrected chi connectivity index (χ2v) is 5.62. The molecule has 0 saturated heterocycles. The fraction of sp³-hybridized carbons (Fsp3) is 0.267. The van der Waals surface area contributed by atoms with Crippen molar-refractivity contribution in [3.8, 4) is 11.5 Å². The first kappa shape index (κ1) is 15.4. The molecule has 8 heteroatoms. The number of hydrogen-bond donors (Lipinski definition) is 2. The summed E-state index contributed by atoms with van der Waals surface area (Å²) in [5, 5.41) is 10.6. The number of aromatic hydroxyl groups is 1. The predicted octanol–water partition coefficient (Wildman–Crippen LogP) is 2.44. The van der Waals surface area contributed by atoms with Crippen molar-refractivity contribution in [1.29, 1.82) is 0 Å². The number of anilines is 1. The highest BCUT2D eigenvalue weighted by Gasteiger charge is 2.17. The summed E-state index contributed by atoms with van der Waals surface area (Å²) >= 11 is 6.04. The summed E-state index contributed by atoms with van der Waals surface area (Å²) < 4.78 is 7.15. The van der Waals surface area contributed by atoms with Gasteiger partial charge in [-0.3, -0.25) is 4.98 Å². The number of nitrogens with zero attached hydrogens (tertiary/aromatic N) is 4. The van der Waals surface area contributed by atoms with Crippen LogP contribution in [0.4, 0.5) is 5.95 Å². The summed E-state index contributed by atoms with van der Waals surface area (Å²) in [4.78, 5) is 12.5. The first-order valence-corrected chi connectivity index (χ1v) is 7.30. The minimum atomic E-state index is 0.00160. The van der Waals surface area contributed by atoms with Crippen LogP contribution in [0.2, 0.25) is 5.15 Å². The van der Waals surface area contributed by atoms with Gasteiger partial charge in [0, 0.05) is 23.5 Å². The molecule has 0 aliphatic carbocycles. The van der Waals surface area contributed by atoms with Crippen LogP contribution in [0.15, 0.2) is 12.4 Å².